The minimum absolute atomic E-state index is 0.445. The van der Waals surface area contributed by atoms with Crippen LogP contribution in [0.5, 0.6) is 0 Å². The predicted molar refractivity (Wildman–Crippen MR) is 69.9 cm³/mol. The first-order valence-electron chi connectivity index (χ1n) is 6.72. The first-order valence-corrected chi connectivity index (χ1v) is 6.72. The molecule has 17 heavy (non-hydrogen) atoms. The normalized spacial score (nSPS) is 20.1. The maximum absolute atomic E-state index is 4.76. The summed E-state index contributed by atoms with van der Waals surface area (Å²) in [5.74, 6) is 1.63. The Labute approximate surface area is 104 Å². The Balaban J connectivity index is 2.27. The van der Waals surface area contributed by atoms with Crippen LogP contribution in [0.4, 0.5) is 0 Å². The van der Waals surface area contributed by atoms with E-state index in [0.717, 1.165) is 18.7 Å². The van der Waals surface area contributed by atoms with Gasteiger partial charge in [-0.1, -0.05) is 20.3 Å². The van der Waals surface area contributed by atoms with Crippen molar-refractivity contribution in [1.82, 2.24) is 15.3 Å². The largest absolute Gasteiger partial charge is 0.313 e. The molecule has 0 bridgehead atoms. The van der Waals surface area contributed by atoms with Gasteiger partial charge in [-0.2, -0.15) is 0 Å². The van der Waals surface area contributed by atoms with Gasteiger partial charge in [-0.25, -0.2) is 9.97 Å². The highest BCUT2D eigenvalue weighted by Gasteiger charge is 2.19. The van der Waals surface area contributed by atoms with Gasteiger partial charge >= 0.3 is 0 Å². The molecule has 3 heteroatoms. The predicted octanol–water partition coefficient (Wildman–Crippen LogP) is 2.66. The lowest BCUT2D eigenvalue weighted by atomic mass is 10.0. The van der Waals surface area contributed by atoms with E-state index in [4.69, 9.17) is 4.98 Å². The molecule has 0 aromatic carbocycles. The zero-order chi connectivity index (χ0) is 12.3. The molecule has 0 fully saturated rings. The summed E-state index contributed by atoms with van der Waals surface area (Å²) in [4.78, 5) is 9.28. The number of hydrogen-bond donors (Lipinski definition) is 1. The summed E-state index contributed by atoms with van der Waals surface area (Å²) in [6, 6.07) is 0.445. The van der Waals surface area contributed by atoms with E-state index in [0.29, 0.717) is 12.0 Å². The summed E-state index contributed by atoms with van der Waals surface area (Å²) < 4.78 is 0. The zero-order valence-corrected chi connectivity index (χ0v) is 11.2. The Hall–Kier alpha value is -0.960. The molecule has 0 aliphatic heterocycles. The molecule has 1 unspecified atom stereocenters. The van der Waals surface area contributed by atoms with Crippen LogP contribution in [0.3, 0.4) is 0 Å². The Morgan fingerprint density at radius 3 is 2.94 bits per heavy atom. The van der Waals surface area contributed by atoms with Gasteiger partial charge in [0.05, 0.1) is 0 Å². The van der Waals surface area contributed by atoms with E-state index in [1.54, 1.807) is 0 Å². The molecule has 1 aliphatic rings. The third-order valence-corrected chi connectivity index (χ3v) is 3.42. The fourth-order valence-corrected chi connectivity index (χ4v) is 2.52. The van der Waals surface area contributed by atoms with Crippen molar-refractivity contribution >= 4 is 0 Å². The summed E-state index contributed by atoms with van der Waals surface area (Å²) in [6.07, 6.45) is 7.88. The summed E-state index contributed by atoms with van der Waals surface area (Å²) in [5, 5.41) is 3.38. The molecule has 2 rings (SSSR count). The molecule has 1 aromatic rings. The average Bonchev–Trinajstić information content (AvgIpc) is 2.49. The van der Waals surface area contributed by atoms with Gasteiger partial charge in [0.15, 0.2) is 0 Å². The molecule has 0 radical (unpaired) electrons. The van der Waals surface area contributed by atoms with Crippen LogP contribution < -0.4 is 5.32 Å². The molecule has 1 aliphatic carbocycles. The molecule has 1 N–H and O–H groups in total. The Morgan fingerprint density at radius 2 is 2.24 bits per heavy atom. The van der Waals surface area contributed by atoms with E-state index >= 15 is 0 Å². The summed E-state index contributed by atoms with van der Waals surface area (Å²) in [7, 11) is 2.03. The van der Waals surface area contributed by atoms with Crippen LogP contribution in [0.15, 0.2) is 6.20 Å². The van der Waals surface area contributed by atoms with Gasteiger partial charge in [-0.05, 0) is 32.2 Å². The van der Waals surface area contributed by atoms with Crippen LogP contribution in [0.25, 0.3) is 0 Å². The molecule has 0 spiro atoms. The van der Waals surface area contributed by atoms with Crippen LogP contribution in [-0.2, 0) is 12.8 Å². The molecule has 94 valence electrons. The van der Waals surface area contributed by atoms with Gasteiger partial charge in [-0.3, -0.25) is 0 Å². The van der Waals surface area contributed by atoms with Crippen LogP contribution in [0.2, 0.25) is 0 Å². The lowest BCUT2D eigenvalue weighted by Gasteiger charge is -2.16. The average molecular weight is 233 g/mol. The highest BCUT2D eigenvalue weighted by Crippen LogP contribution is 2.26. The molecular formula is C14H23N3. The Kier molecular flexibility index (Phi) is 4.11. The van der Waals surface area contributed by atoms with Gasteiger partial charge in [0, 0.05) is 29.9 Å². The number of nitrogens with zero attached hydrogens (tertiary/aromatic N) is 2. The number of hydrogen-bond acceptors (Lipinski definition) is 3. The van der Waals surface area contributed by atoms with Crippen LogP contribution >= 0.6 is 0 Å². The molecule has 0 saturated heterocycles. The van der Waals surface area contributed by atoms with Crippen molar-refractivity contribution in [2.75, 3.05) is 7.05 Å². The smallest absolute Gasteiger partial charge is 0.128 e. The topological polar surface area (TPSA) is 37.8 Å². The van der Waals surface area contributed by atoms with Gasteiger partial charge in [0.1, 0.15) is 5.82 Å². The fourth-order valence-electron chi connectivity index (χ4n) is 2.52. The lowest BCUT2D eigenvalue weighted by Crippen LogP contribution is -2.18. The van der Waals surface area contributed by atoms with Gasteiger partial charge in [-0.15, -0.1) is 0 Å². The number of fused-ring (bicyclic) bond motifs is 1. The van der Waals surface area contributed by atoms with E-state index < -0.39 is 0 Å². The van der Waals surface area contributed by atoms with Crippen molar-refractivity contribution in [2.24, 2.45) is 5.92 Å². The summed E-state index contributed by atoms with van der Waals surface area (Å²) in [5.41, 5.74) is 2.59. The second-order valence-electron chi connectivity index (χ2n) is 5.37. The number of aryl methyl sites for hydroxylation is 1. The van der Waals surface area contributed by atoms with Crippen LogP contribution in [-0.4, -0.2) is 17.0 Å². The minimum atomic E-state index is 0.445. The van der Waals surface area contributed by atoms with E-state index in [2.05, 4.69) is 24.1 Å². The highest BCUT2D eigenvalue weighted by atomic mass is 14.9. The second kappa shape index (κ2) is 5.58. The van der Waals surface area contributed by atoms with E-state index in [1.807, 2.05) is 13.2 Å². The number of rotatable bonds is 3. The van der Waals surface area contributed by atoms with Crippen molar-refractivity contribution in [3.63, 3.8) is 0 Å². The van der Waals surface area contributed by atoms with Crippen molar-refractivity contribution < 1.29 is 0 Å². The van der Waals surface area contributed by atoms with Gasteiger partial charge in [0.25, 0.3) is 0 Å². The summed E-state index contributed by atoms with van der Waals surface area (Å²) >= 11 is 0. The molecule has 0 saturated carbocycles. The Morgan fingerprint density at radius 1 is 1.41 bits per heavy atom. The first-order chi connectivity index (χ1) is 8.20. The molecule has 1 heterocycles. The van der Waals surface area contributed by atoms with Crippen molar-refractivity contribution in [1.29, 1.82) is 0 Å². The minimum Gasteiger partial charge on any atom is -0.313 e. The van der Waals surface area contributed by atoms with Crippen molar-refractivity contribution in [3.05, 3.63) is 23.3 Å². The zero-order valence-electron chi connectivity index (χ0n) is 11.2. The molecule has 3 nitrogen and oxygen atoms in total. The number of nitrogens with one attached hydrogen (secondary N) is 1. The van der Waals surface area contributed by atoms with Crippen molar-refractivity contribution in [3.8, 4) is 0 Å². The quantitative estimate of drug-likeness (QED) is 0.816. The van der Waals surface area contributed by atoms with E-state index in [9.17, 15) is 0 Å². The fraction of sp³-hybridized carbons (Fsp3) is 0.714. The van der Waals surface area contributed by atoms with Gasteiger partial charge in [0.2, 0.25) is 0 Å². The van der Waals surface area contributed by atoms with Crippen LogP contribution in [0, 0.1) is 5.92 Å². The Bertz CT molecular complexity index is 374. The summed E-state index contributed by atoms with van der Waals surface area (Å²) in [6.45, 7) is 4.43. The highest BCUT2D eigenvalue weighted by molar-refractivity contribution is 5.23. The molecular weight excluding hydrogens is 210 g/mol. The SMILES string of the molecule is CNC1CCCCc2nc(CC(C)C)ncc21. The monoisotopic (exact) mass is 233 g/mol. The third-order valence-electron chi connectivity index (χ3n) is 3.42. The van der Waals surface area contributed by atoms with Crippen LogP contribution in [0.1, 0.15) is 56.2 Å². The standard InChI is InChI=1S/C14H23N3/c1-10(2)8-14-16-9-11-12(15-3)6-4-5-7-13(11)17-14/h9-10,12,15H,4-8H2,1-3H3. The molecule has 1 atom stereocenters. The molecule has 0 amide bonds. The van der Waals surface area contributed by atoms with E-state index in [-0.39, 0.29) is 0 Å². The lowest BCUT2D eigenvalue weighted by molar-refractivity contribution is 0.531. The first kappa shape index (κ1) is 12.5. The maximum Gasteiger partial charge on any atom is 0.128 e. The second-order valence-corrected chi connectivity index (χ2v) is 5.37. The third kappa shape index (κ3) is 3.03. The molecule has 1 aromatic heterocycles. The van der Waals surface area contributed by atoms with E-state index in [1.165, 1.54) is 30.5 Å². The van der Waals surface area contributed by atoms with Gasteiger partial charge < -0.3 is 5.32 Å². The van der Waals surface area contributed by atoms with Crippen molar-refractivity contribution in [2.45, 2.75) is 52.0 Å². The number of aromatic nitrogens is 2. The maximum atomic E-state index is 4.76.